The number of oxazole rings is 1. The number of rotatable bonds is 5. The zero-order chi connectivity index (χ0) is 15.4. The average molecular weight is 293 g/mol. The summed E-state index contributed by atoms with van der Waals surface area (Å²) in [6.07, 6.45) is 5.46. The minimum atomic E-state index is 0.670. The summed E-state index contributed by atoms with van der Waals surface area (Å²) in [6.45, 7) is 3.69. The van der Waals surface area contributed by atoms with Gasteiger partial charge >= 0.3 is 0 Å². The van der Waals surface area contributed by atoms with Gasteiger partial charge in [0.2, 0.25) is 5.89 Å². The normalized spacial score (nSPS) is 11.0. The summed E-state index contributed by atoms with van der Waals surface area (Å²) < 4.78 is 5.58. The van der Waals surface area contributed by atoms with Gasteiger partial charge in [-0.1, -0.05) is 18.2 Å². The predicted molar refractivity (Wildman–Crippen MR) is 86.1 cm³/mol. The van der Waals surface area contributed by atoms with Gasteiger partial charge in [0, 0.05) is 31.0 Å². The van der Waals surface area contributed by atoms with E-state index in [-0.39, 0.29) is 0 Å². The summed E-state index contributed by atoms with van der Waals surface area (Å²) in [6, 6.07) is 12.0. The van der Waals surface area contributed by atoms with Crippen molar-refractivity contribution in [1.29, 1.82) is 0 Å². The monoisotopic (exact) mass is 293 g/mol. The molecule has 3 aromatic rings. The van der Waals surface area contributed by atoms with E-state index in [1.807, 2.05) is 42.7 Å². The van der Waals surface area contributed by atoms with E-state index in [0.717, 1.165) is 24.3 Å². The molecular weight excluding hydrogens is 274 g/mol. The highest BCUT2D eigenvalue weighted by Gasteiger charge is 2.09. The molecule has 0 saturated carbocycles. The van der Waals surface area contributed by atoms with Crippen molar-refractivity contribution in [3.63, 3.8) is 0 Å². The minimum absolute atomic E-state index is 0.670. The molecule has 0 unspecified atom stereocenters. The molecule has 0 bridgehead atoms. The van der Waals surface area contributed by atoms with E-state index < -0.39 is 0 Å². The van der Waals surface area contributed by atoms with Crippen molar-refractivity contribution in [2.24, 2.45) is 0 Å². The van der Waals surface area contributed by atoms with Gasteiger partial charge in [-0.3, -0.25) is 9.88 Å². The minimum Gasteiger partial charge on any atom is -0.444 e. The molecule has 22 heavy (non-hydrogen) atoms. The van der Waals surface area contributed by atoms with Crippen LogP contribution in [0.15, 0.2) is 59.5 Å². The molecule has 0 aliphatic carbocycles. The summed E-state index contributed by atoms with van der Waals surface area (Å²) in [5.74, 6) is 0.670. The van der Waals surface area contributed by atoms with Crippen LogP contribution in [-0.4, -0.2) is 21.9 Å². The van der Waals surface area contributed by atoms with E-state index in [0.29, 0.717) is 5.89 Å². The van der Waals surface area contributed by atoms with Gasteiger partial charge in [0.05, 0.1) is 5.69 Å². The summed E-state index contributed by atoms with van der Waals surface area (Å²) in [5.41, 5.74) is 4.43. The highest BCUT2D eigenvalue weighted by atomic mass is 16.3. The molecule has 2 heterocycles. The van der Waals surface area contributed by atoms with Gasteiger partial charge < -0.3 is 4.42 Å². The first-order chi connectivity index (χ1) is 10.7. The second-order valence-corrected chi connectivity index (χ2v) is 5.48. The Bertz CT molecular complexity index is 737. The van der Waals surface area contributed by atoms with Gasteiger partial charge in [-0.2, -0.15) is 0 Å². The van der Waals surface area contributed by atoms with Crippen molar-refractivity contribution in [2.75, 3.05) is 7.05 Å². The number of hydrogen-bond donors (Lipinski definition) is 0. The molecule has 4 nitrogen and oxygen atoms in total. The van der Waals surface area contributed by atoms with Crippen molar-refractivity contribution < 1.29 is 4.42 Å². The first-order valence-electron chi connectivity index (χ1n) is 7.30. The van der Waals surface area contributed by atoms with Crippen LogP contribution in [0.5, 0.6) is 0 Å². The Kier molecular flexibility index (Phi) is 4.30. The Hall–Kier alpha value is -2.46. The zero-order valence-corrected chi connectivity index (χ0v) is 12.9. The Morgan fingerprint density at radius 2 is 1.91 bits per heavy atom. The number of aryl methyl sites for hydroxylation is 1. The number of benzene rings is 1. The molecule has 4 heteroatoms. The molecule has 0 amide bonds. The fourth-order valence-corrected chi connectivity index (χ4v) is 2.40. The van der Waals surface area contributed by atoms with Gasteiger partial charge in [0.25, 0.3) is 0 Å². The van der Waals surface area contributed by atoms with Crippen LogP contribution in [0.25, 0.3) is 11.5 Å². The molecule has 0 saturated heterocycles. The van der Waals surface area contributed by atoms with E-state index in [4.69, 9.17) is 4.42 Å². The second-order valence-electron chi connectivity index (χ2n) is 5.48. The van der Waals surface area contributed by atoms with Crippen LogP contribution >= 0.6 is 0 Å². The Morgan fingerprint density at radius 1 is 1.09 bits per heavy atom. The largest absolute Gasteiger partial charge is 0.444 e. The smallest absolute Gasteiger partial charge is 0.226 e. The van der Waals surface area contributed by atoms with Crippen LogP contribution in [-0.2, 0) is 13.1 Å². The maximum atomic E-state index is 5.58. The molecule has 112 valence electrons. The molecule has 0 aliphatic rings. The van der Waals surface area contributed by atoms with E-state index in [9.17, 15) is 0 Å². The third-order valence-electron chi connectivity index (χ3n) is 3.58. The molecule has 0 N–H and O–H groups in total. The molecule has 0 atom stereocenters. The summed E-state index contributed by atoms with van der Waals surface area (Å²) in [7, 11) is 2.08. The lowest BCUT2D eigenvalue weighted by molar-refractivity contribution is 0.314. The average Bonchev–Trinajstić information content (AvgIpc) is 2.99. The molecule has 1 aromatic carbocycles. The zero-order valence-electron chi connectivity index (χ0n) is 12.9. The van der Waals surface area contributed by atoms with Crippen LogP contribution in [0.2, 0.25) is 0 Å². The van der Waals surface area contributed by atoms with E-state index in [1.165, 1.54) is 11.1 Å². The molecule has 0 aliphatic heterocycles. The maximum Gasteiger partial charge on any atom is 0.226 e. The van der Waals surface area contributed by atoms with E-state index in [1.54, 1.807) is 6.26 Å². The summed E-state index contributed by atoms with van der Waals surface area (Å²) in [4.78, 5) is 10.9. The third-order valence-corrected chi connectivity index (χ3v) is 3.58. The predicted octanol–water partition coefficient (Wildman–Crippen LogP) is 3.68. The lowest BCUT2D eigenvalue weighted by Crippen LogP contribution is -2.18. The van der Waals surface area contributed by atoms with Crippen molar-refractivity contribution in [2.45, 2.75) is 20.0 Å². The second kappa shape index (κ2) is 6.54. The molecule has 0 radical (unpaired) electrons. The highest BCUT2D eigenvalue weighted by molar-refractivity contribution is 5.52. The van der Waals surface area contributed by atoms with Gasteiger partial charge in [-0.15, -0.1) is 0 Å². The third kappa shape index (κ3) is 3.40. The van der Waals surface area contributed by atoms with Crippen molar-refractivity contribution in [3.8, 4) is 11.5 Å². The number of nitrogens with zero attached hydrogens (tertiary/aromatic N) is 3. The number of hydrogen-bond acceptors (Lipinski definition) is 4. The van der Waals surface area contributed by atoms with Crippen LogP contribution in [0.1, 0.15) is 16.8 Å². The molecule has 2 aromatic heterocycles. The molecule has 0 spiro atoms. The Morgan fingerprint density at radius 3 is 2.68 bits per heavy atom. The summed E-state index contributed by atoms with van der Waals surface area (Å²) >= 11 is 0. The first kappa shape index (κ1) is 14.5. The fourth-order valence-electron chi connectivity index (χ4n) is 2.40. The molecule has 3 rings (SSSR count). The van der Waals surface area contributed by atoms with Crippen LogP contribution in [0.3, 0.4) is 0 Å². The van der Waals surface area contributed by atoms with Gasteiger partial charge in [-0.25, -0.2) is 4.98 Å². The molecule has 0 fully saturated rings. The quantitative estimate of drug-likeness (QED) is 0.719. The standard InChI is InChI=1S/C18H19N3O/c1-14-10-19-9-8-16(14)11-21(2)12-17-13-22-18(20-17)15-6-4-3-5-7-15/h3-10,13H,11-12H2,1-2H3. The van der Waals surface area contributed by atoms with E-state index >= 15 is 0 Å². The van der Waals surface area contributed by atoms with Crippen molar-refractivity contribution >= 4 is 0 Å². The fraction of sp³-hybridized carbons (Fsp3) is 0.222. The summed E-state index contributed by atoms with van der Waals surface area (Å²) in [5, 5.41) is 0. The van der Waals surface area contributed by atoms with Crippen molar-refractivity contribution in [3.05, 3.63) is 71.9 Å². The van der Waals surface area contributed by atoms with E-state index in [2.05, 4.69) is 34.9 Å². The van der Waals surface area contributed by atoms with Gasteiger partial charge in [0.1, 0.15) is 6.26 Å². The lowest BCUT2D eigenvalue weighted by Gasteiger charge is -2.16. The van der Waals surface area contributed by atoms with Crippen LogP contribution < -0.4 is 0 Å². The van der Waals surface area contributed by atoms with Crippen LogP contribution in [0, 0.1) is 6.92 Å². The first-order valence-corrected chi connectivity index (χ1v) is 7.30. The van der Waals surface area contributed by atoms with Crippen LogP contribution in [0.4, 0.5) is 0 Å². The SMILES string of the molecule is Cc1cnccc1CN(C)Cc1coc(-c2ccccc2)n1. The van der Waals surface area contributed by atoms with Crippen molar-refractivity contribution in [1.82, 2.24) is 14.9 Å². The van der Waals surface area contributed by atoms with Gasteiger partial charge in [-0.05, 0) is 43.3 Å². The Labute approximate surface area is 130 Å². The Balaban J connectivity index is 1.66. The van der Waals surface area contributed by atoms with Gasteiger partial charge in [0.15, 0.2) is 0 Å². The number of pyridine rings is 1. The lowest BCUT2D eigenvalue weighted by atomic mass is 10.1. The topological polar surface area (TPSA) is 42.2 Å². The molecular formula is C18H19N3O. The highest BCUT2D eigenvalue weighted by Crippen LogP contribution is 2.19. The maximum absolute atomic E-state index is 5.58. The number of aromatic nitrogens is 2.